The third-order valence-electron chi connectivity index (χ3n) is 2.38. The van der Waals surface area contributed by atoms with Gasteiger partial charge in [0.1, 0.15) is 5.78 Å². The van der Waals surface area contributed by atoms with Crippen molar-refractivity contribution in [1.82, 2.24) is 15.1 Å². The van der Waals surface area contributed by atoms with Crippen molar-refractivity contribution in [3.05, 3.63) is 17.5 Å². The molecule has 0 bridgehead atoms. The van der Waals surface area contributed by atoms with Crippen LogP contribution in [0.25, 0.3) is 0 Å². The molecule has 0 aliphatic heterocycles. The second-order valence-electron chi connectivity index (χ2n) is 4.23. The van der Waals surface area contributed by atoms with Crippen LogP contribution in [0.15, 0.2) is 6.07 Å². The predicted octanol–water partition coefficient (Wildman–Crippen LogP) is 0.985. The highest BCUT2D eigenvalue weighted by Crippen LogP contribution is 2.02. The first-order chi connectivity index (χ1) is 7.99. The van der Waals surface area contributed by atoms with E-state index in [2.05, 4.69) is 10.4 Å². The number of aromatic nitrogens is 2. The normalized spacial score (nSPS) is 10.3. The molecular weight excluding hydrogens is 218 g/mol. The Labute approximate surface area is 101 Å². The van der Waals surface area contributed by atoms with Gasteiger partial charge in [0.05, 0.1) is 12.1 Å². The van der Waals surface area contributed by atoms with Gasteiger partial charge in [0.25, 0.3) is 0 Å². The van der Waals surface area contributed by atoms with Crippen LogP contribution >= 0.6 is 0 Å². The number of nitrogens with one attached hydrogen (secondary N) is 1. The molecule has 0 saturated heterocycles. The Hall–Kier alpha value is -1.65. The fourth-order valence-corrected chi connectivity index (χ4v) is 1.65. The highest BCUT2D eigenvalue weighted by atomic mass is 16.2. The van der Waals surface area contributed by atoms with E-state index in [1.54, 1.807) is 0 Å². The Morgan fingerprint density at radius 2 is 2.12 bits per heavy atom. The summed E-state index contributed by atoms with van der Waals surface area (Å²) in [4.78, 5) is 21.9. The molecule has 0 aromatic carbocycles. The third kappa shape index (κ3) is 4.80. The van der Waals surface area contributed by atoms with Crippen LogP contribution in [0.5, 0.6) is 0 Å². The van der Waals surface area contributed by atoms with Crippen molar-refractivity contribution in [1.29, 1.82) is 0 Å². The summed E-state index contributed by atoms with van der Waals surface area (Å²) in [6, 6.07) is 2.02. The topological polar surface area (TPSA) is 64.0 Å². The first kappa shape index (κ1) is 13.4. The maximum absolute atomic E-state index is 11.2. The first-order valence-corrected chi connectivity index (χ1v) is 5.76. The Balaban J connectivity index is 2.22. The number of hydrogen-bond acceptors (Lipinski definition) is 3. The number of aryl methyl sites for hydroxylation is 3. The molecule has 1 rings (SSSR count). The molecule has 0 radical (unpaired) electrons. The average Bonchev–Trinajstić information content (AvgIpc) is 2.51. The van der Waals surface area contributed by atoms with E-state index in [9.17, 15) is 9.59 Å². The zero-order valence-corrected chi connectivity index (χ0v) is 10.6. The van der Waals surface area contributed by atoms with Gasteiger partial charge in [-0.3, -0.25) is 14.3 Å². The van der Waals surface area contributed by atoms with E-state index in [0.29, 0.717) is 6.54 Å². The van der Waals surface area contributed by atoms with Crippen LogP contribution < -0.4 is 5.32 Å². The second kappa shape index (κ2) is 6.18. The van der Waals surface area contributed by atoms with Gasteiger partial charge in [-0.2, -0.15) is 5.10 Å². The molecule has 5 nitrogen and oxygen atoms in total. The van der Waals surface area contributed by atoms with Crippen LogP contribution in [0.2, 0.25) is 0 Å². The average molecular weight is 237 g/mol. The summed E-state index contributed by atoms with van der Waals surface area (Å²) < 4.78 is 1.92. The molecule has 1 N–H and O–H groups in total. The molecule has 94 valence electrons. The molecule has 5 heteroatoms. The van der Waals surface area contributed by atoms with E-state index < -0.39 is 0 Å². The zero-order valence-electron chi connectivity index (χ0n) is 10.6. The number of Topliss-reactive ketones (excluding diaryl/α,β-unsaturated/α-hetero) is 1. The van der Waals surface area contributed by atoms with Crippen LogP contribution in [0, 0.1) is 13.8 Å². The van der Waals surface area contributed by atoms with Gasteiger partial charge in [-0.25, -0.2) is 0 Å². The molecule has 0 fully saturated rings. The largest absolute Gasteiger partial charge is 0.356 e. The lowest BCUT2D eigenvalue weighted by Gasteiger charge is -2.05. The van der Waals surface area contributed by atoms with Crippen molar-refractivity contribution in [2.45, 2.75) is 40.2 Å². The monoisotopic (exact) mass is 237 g/mol. The van der Waals surface area contributed by atoms with Gasteiger partial charge in [0.2, 0.25) is 5.91 Å². The van der Waals surface area contributed by atoms with Crippen molar-refractivity contribution in [2.75, 3.05) is 6.54 Å². The SMILES string of the molecule is CC(=O)CC(=O)NCCCn1nc(C)cc1C. The smallest absolute Gasteiger partial charge is 0.227 e. The number of rotatable bonds is 6. The molecule has 17 heavy (non-hydrogen) atoms. The molecule has 1 heterocycles. The third-order valence-corrected chi connectivity index (χ3v) is 2.38. The van der Waals surface area contributed by atoms with Gasteiger partial charge in [0.15, 0.2) is 0 Å². The van der Waals surface area contributed by atoms with Crippen LogP contribution in [0.4, 0.5) is 0 Å². The molecular formula is C12H19N3O2. The highest BCUT2D eigenvalue weighted by Gasteiger charge is 2.04. The van der Waals surface area contributed by atoms with Gasteiger partial charge in [-0.1, -0.05) is 0 Å². The standard InChI is InChI=1S/C12H19N3O2/c1-9-7-10(2)15(14-9)6-4-5-13-12(17)8-11(3)16/h7H,4-6,8H2,1-3H3,(H,13,17). The molecule has 0 unspecified atom stereocenters. The summed E-state index contributed by atoms with van der Waals surface area (Å²) in [5.74, 6) is -0.313. The predicted molar refractivity (Wildman–Crippen MR) is 64.6 cm³/mol. The van der Waals surface area contributed by atoms with Crippen LogP contribution in [0.1, 0.15) is 31.2 Å². The number of hydrogen-bond donors (Lipinski definition) is 1. The Kier molecular flexibility index (Phi) is 4.87. The minimum absolute atomic E-state index is 0.0279. The number of ketones is 1. The fraction of sp³-hybridized carbons (Fsp3) is 0.583. The summed E-state index contributed by atoms with van der Waals surface area (Å²) in [7, 11) is 0. The molecule has 1 aromatic rings. The number of amides is 1. The van der Waals surface area contributed by atoms with Gasteiger partial charge < -0.3 is 5.32 Å². The minimum atomic E-state index is -0.203. The second-order valence-corrected chi connectivity index (χ2v) is 4.23. The summed E-state index contributed by atoms with van der Waals surface area (Å²) in [5.41, 5.74) is 2.13. The molecule has 0 aliphatic rings. The summed E-state index contributed by atoms with van der Waals surface area (Å²) in [6.07, 6.45) is 0.783. The van der Waals surface area contributed by atoms with E-state index in [1.807, 2.05) is 24.6 Å². The van der Waals surface area contributed by atoms with E-state index in [4.69, 9.17) is 0 Å². The number of nitrogens with zero attached hydrogens (tertiary/aromatic N) is 2. The summed E-state index contributed by atoms with van der Waals surface area (Å²) in [6.45, 7) is 6.73. The summed E-state index contributed by atoms with van der Waals surface area (Å²) >= 11 is 0. The molecule has 0 saturated carbocycles. The van der Waals surface area contributed by atoms with Gasteiger partial charge in [0, 0.05) is 18.8 Å². The van der Waals surface area contributed by atoms with Gasteiger partial charge in [-0.05, 0) is 33.3 Å². The Morgan fingerprint density at radius 3 is 2.65 bits per heavy atom. The molecule has 0 spiro atoms. The lowest BCUT2D eigenvalue weighted by atomic mass is 10.3. The van der Waals surface area contributed by atoms with E-state index in [-0.39, 0.29) is 18.1 Å². The van der Waals surface area contributed by atoms with Crippen molar-refractivity contribution in [2.24, 2.45) is 0 Å². The van der Waals surface area contributed by atoms with Crippen molar-refractivity contribution in [3.8, 4) is 0 Å². The number of carbonyl (C=O) groups is 2. The lowest BCUT2D eigenvalue weighted by molar-refractivity contribution is -0.127. The summed E-state index contributed by atoms with van der Waals surface area (Å²) in [5, 5.41) is 7.03. The fourth-order valence-electron chi connectivity index (χ4n) is 1.65. The van der Waals surface area contributed by atoms with Crippen molar-refractivity contribution < 1.29 is 9.59 Å². The maximum atomic E-state index is 11.2. The molecule has 1 aromatic heterocycles. The lowest BCUT2D eigenvalue weighted by Crippen LogP contribution is -2.26. The van der Waals surface area contributed by atoms with Gasteiger partial charge in [-0.15, -0.1) is 0 Å². The van der Waals surface area contributed by atoms with Crippen LogP contribution in [-0.4, -0.2) is 28.0 Å². The molecule has 0 aliphatic carbocycles. The Bertz CT molecular complexity index is 410. The molecule has 0 atom stereocenters. The van der Waals surface area contributed by atoms with E-state index in [0.717, 1.165) is 24.4 Å². The van der Waals surface area contributed by atoms with Crippen LogP contribution in [-0.2, 0) is 16.1 Å². The van der Waals surface area contributed by atoms with Gasteiger partial charge >= 0.3 is 0 Å². The maximum Gasteiger partial charge on any atom is 0.227 e. The van der Waals surface area contributed by atoms with Crippen LogP contribution in [0.3, 0.4) is 0 Å². The quantitative estimate of drug-likeness (QED) is 0.592. The van der Waals surface area contributed by atoms with E-state index >= 15 is 0 Å². The minimum Gasteiger partial charge on any atom is -0.356 e. The van der Waals surface area contributed by atoms with Crippen molar-refractivity contribution >= 4 is 11.7 Å². The molecule has 1 amide bonds. The highest BCUT2D eigenvalue weighted by molar-refractivity contribution is 5.96. The first-order valence-electron chi connectivity index (χ1n) is 5.76. The zero-order chi connectivity index (χ0) is 12.8. The van der Waals surface area contributed by atoms with E-state index in [1.165, 1.54) is 6.92 Å². The number of carbonyl (C=O) groups excluding carboxylic acids is 2. The van der Waals surface area contributed by atoms with Crippen molar-refractivity contribution in [3.63, 3.8) is 0 Å². The Morgan fingerprint density at radius 1 is 1.41 bits per heavy atom.